The van der Waals surface area contributed by atoms with E-state index < -0.39 is 17.9 Å². The summed E-state index contributed by atoms with van der Waals surface area (Å²) in [4.78, 5) is 29.9. The number of benzene rings is 1. The van der Waals surface area contributed by atoms with Gasteiger partial charge >= 0.3 is 5.97 Å². The van der Waals surface area contributed by atoms with E-state index in [1.807, 2.05) is 18.2 Å². The lowest BCUT2D eigenvalue weighted by Crippen LogP contribution is -2.40. The summed E-state index contributed by atoms with van der Waals surface area (Å²) in [5.74, 6) is -0.409. The Labute approximate surface area is 149 Å². The molecule has 2 heterocycles. The van der Waals surface area contributed by atoms with Crippen LogP contribution in [0, 0.1) is 0 Å². The van der Waals surface area contributed by atoms with Crippen LogP contribution in [0.25, 0.3) is 5.69 Å². The second-order valence-corrected chi connectivity index (χ2v) is 6.83. The highest BCUT2D eigenvalue weighted by molar-refractivity contribution is 6.32. The molecule has 1 aromatic carbocycles. The molecule has 1 N–H and O–H groups in total. The van der Waals surface area contributed by atoms with Gasteiger partial charge in [0.25, 0.3) is 5.91 Å². The van der Waals surface area contributed by atoms with Crippen molar-refractivity contribution in [1.82, 2.24) is 19.7 Å². The van der Waals surface area contributed by atoms with Crippen molar-refractivity contribution in [2.45, 2.75) is 37.6 Å². The van der Waals surface area contributed by atoms with E-state index in [1.165, 1.54) is 4.90 Å². The SMILES string of the molecule is O=C(O)C1CCCN1C(=O)c1nc(C2CC2)n(-c2ccccc2Cl)n1. The maximum atomic E-state index is 12.8. The maximum absolute atomic E-state index is 12.8. The third kappa shape index (κ3) is 2.89. The highest BCUT2D eigenvalue weighted by Crippen LogP contribution is 2.40. The third-order valence-corrected chi connectivity index (χ3v) is 4.96. The van der Waals surface area contributed by atoms with E-state index in [4.69, 9.17) is 11.6 Å². The Morgan fingerprint density at radius 3 is 2.64 bits per heavy atom. The lowest BCUT2D eigenvalue weighted by Gasteiger charge is -2.19. The van der Waals surface area contributed by atoms with Gasteiger partial charge in [-0.15, -0.1) is 5.10 Å². The van der Waals surface area contributed by atoms with Crippen LogP contribution in [-0.4, -0.2) is 49.2 Å². The molecule has 1 saturated carbocycles. The van der Waals surface area contributed by atoms with Gasteiger partial charge < -0.3 is 10.0 Å². The summed E-state index contributed by atoms with van der Waals surface area (Å²) in [6.07, 6.45) is 3.13. The van der Waals surface area contributed by atoms with Crippen molar-refractivity contribution in [2.75, 3.05) is 6.54 Å². The molecule has 2 aliphatic rings. The summed E-state index contributed by atoms with van der Waals surface area (Å²) in [6.45, 7) is 0.412. The molecule has 1 amide bonds. The van der Waals surface area contributed by atoms with Crippen LogP contribution in [0.4, 0.5) is 0 Å². The van der Waals surface area contributed by atoms with E-state index in [0.29, 0.717) is 35.9 Å². The summed E-state index contributed by atoms with van der Waals surface area (Å²) in [5.41, 5.74) is 0.675. The molecule has 4 rings (SSSR count). The first-order chi connectivity index (χ1) is 12.1. The van der Waals surface area contributed by atoms with Gasteiger partial charge in [0.2, 0.25) is 5.82 Å². The fraction of sp³-hybridized carbons (Fsp3) is 0.412. The summed E-state index contributed by atoms with van der Waals surface area (Å²) in [5, 5.41) is 14.2. The minimum Gasteiger partial charge on any atom is -0.480 e. The number of para-hydroxylation sites is 1. The molecule has 2 aromatic rings. The number of nitrogens with zero attached hydrogens (tertiary/aromatic N) is 4. The molecule has 25 heavy (non-hydrogen) atoms. The van der Waals surface area contributed by atoms with Crippen LogP contribution in [0.1, 0.15) is 48.0 Å². The molecule has 2 fully saturated rings. The number of carbonyl (C=O) groups excluding carboxylic acids is 1. The zero-order chi connectivity index (χ0) is 17.6. The zero-order valence-electron chi connectivity index (χ0n) is 13.4. The first-order valence-corrected chi connectivity index (χ1v) is 8.69. The highest BCUT2D eigenvalue weighted by atomic mass is 35.5. The average molecular weight is 361 g/mol. The predicted molar refractivity (Wildman–Crippen MR) is 90.0 cm³/mol. The van der Waals surface area contributed by atoms with E-state index in [1.54, 1.807) is 10.7 Å². The van der Waals surface area contributed by atoms with Crippen LogP contribution in [0.3, 0.4) is 0 Å². The van der Waals surface area contributed by atoms with Crippen molar-refractivity contribution < 1.29 is 14.7 Å². The molecule has 1 aromatic heterocycles. The zero-order valence-corrected chi connectivity index (χ0v) is 14.2. The third-order valence-electron chi connectivity index (χ3n) is 4.65. The first-order valence-electron chi connectivity index (χ1n) is 8.32. The lowest BCUT2D eigenvalue weighted by molar-refractivity contribution is -0.141. The van der Waals surface area contributed by atoms with Gasteiger partial charge in [0.1, 0.15) is 11.9 Å². The number of aliphatic carboxylic acids is 1. The fourth-order valence-electron chi connectivity index (χ4n) is 3.22. The number of halogens is 1. The van der Waals surface area contributed by atoms with Crippen LogP contribution in [-0.2, 0) is 4.79 Å². The number of hydrogen-bond acceptors (Lipinski definition) is 4. The van der Waals surface area contributed by atoms with Gasteiger partial charge in [0, 0.05) is 12.5 Å². The number of carboxylic acid groups (broad SMARTS) is 1. The van der Waals surface area contributed by atoms with Crippen LogP contribution in [0.15, 0.2) is 24.3 Å². The van der Waals surface area contributed by atoms with Gasteiger partial charge in [-0.3, -0.25) is 4.79 Å². The Morgan fingerprint density at radius 2 is 1.96 bits per heavy atom. The predicted octanol–water partition coefficient (Wildman–Crippen LogP) is 2.49. The molecule has 1 aliphatic heterocycles. The van der Waals surface area contributed by atoms with Crippen molar-refractivity contribution >= 4 is 23.5 Å². The molecule has 1 unspecified atom stereocenters. The molecule has 7 nitrogen and oxygen atoms in total. The minimum atomic E-state index is -0.987. The molecular formula is C17H17ClN4O3. The van der Waals surface area contributed by atoms with Gasteiger partial charge in [-0.2, -0.15) is 0 Å². The monoisotopic (exact) mass is 360 g/mol. The molecule has 1 saturated heterocycles. The Hall–Kier alpha value is -2.41. The highest BCUT2D eigenvalue weighted by Gasteiger charge is 2.38. The standard InChI is InChI=1S/C17H17ClN4O3/c18-11-4-1-2-5-12(11)22-15(10-7-8-10)19-14(20-22)16(23)21-9-3-6-13(21)17(24)25/h1-2,4-5,10,13H,3,6-9H2,(H,24,25). The van der Waals surface area contributed by atoms with E-state index >= 15 is 0 Å². The van der Waals surface area contributed by atoms with E-state index in [9.17, 15) is 14.7 Å². The normalized spacial score (nSPS) is 20.0. The lowest BCUT2D eigenvalue weighted by atomic mass is 10.2. The van der Waals surface area contributed by atoms with Gasteiger partial charge in [-0.05, 0) is 37.8 Å². The van der Waals surface area contributed by atoms with Crippen molar-refractivity contribution in [3.63, 3.8) is 0 Å². The van der Waals surface area contributed by atoms with Crippen LogP contribution in [0.2, 0.25) is 5.02 Å². The van der Waals surface area contributed by atoms with E-state index in [-0.39, 0.29) is 11.7 Å². The number of carboxylic acids is 1. The largest absolute Gasteiger partial charge is 0.480 e. The molecular weight excluding hydrogens is 344 g/mol. The Bertz CT molecular complexity index is 846. The number of aromatic nitrogens is 3. The van der Waals surface area contributed by atoms with Crippen LogP contribution in [0.5, 0.6) is 0 Å². The Kier molecular flexibility index (Phi) is 3.95. The van der Waals surface area contributed by atoms with Gasteiger partial charge in [0.05, 0.1) is 10.7 Å². The van der Waals surface area contributed by atoms with Gasteiger partial charge in [0.15, 0.2) is 0 Å². The summed E-state index contributed by atoms with van der Waals surface area (Å²) in [7, 11) is 0. The Balaban J connectivity index is 1.72. The number of amides is 1. The average Bonchev–Trinajstić information content (AvgIpc) is 3.16. The molecule has 8 heteroatoms. The number of hydrogen-bond donors (Lipinski definition) is 1. The van der Waals surface area contributed by atoms with E-state index in [0.717, 1.165) is 12.8 Å². The van der Waals surface area contributed by atoms with E-state index in [2.05, 4.69) is 10.1 Å². The fourth-order valence-corrected chi connectivity index (χ4v) is 3.43. The van der Waals surface area contributed by atoms with Crippen molar-refractivity contribution in [3.05, 3.63) is 40.9 Å². The smallest absolute Gasteiger partial charge is 0.326 e. The summed E-state index contributed by atoms with van der Waals surface area (Å²) < 4.78 is 1.62. The van der Waals surface area contributed by atoms with Gasteiger partial charge in [-0.25, -0.2) is 14.5 Å². The molecule has 0 radical (unpaired) electrons. The summed E-state index contributed by atoms with van der Waals surface area (Å²) in [6, 6.07) is 6.46. The molecule has 1 atom stereocenters. The number of rotatable bonds is 4. The molecule has 0 bridgehead atoms. The second-order valence-electron chi connectivity index (χ2n) is 6.43. The molecule has 0 spiro atoms. The minimum absolute atomic E-state index is 0.0370. The maximum Gasteiger partial charge on any atom is 0.326 e. The van der Waals surface area contributed by atoms with Gasteiger partial charge in [-0.1, -0.05) is 23.7 Å². The van der Waals surface area contributed by atoms with Crippen molar-refractivity contribution in [1.29, 1.82) is 0 Å². The summed E-state index contributed by atoms with van der Waals surface area (Å²) >= 11 is 6.27. The Morgan fingerprint density at radius 1 is 1.20 bits per heavy atom. The quantitative estimate of drug-likeness (QED) is 0.904. The van der Waals surface area contributed by atoms with Crippen LogP contribution >= 0.6 is 11.6 Å². The number of likely N-dealkylation sites (tertiary alicyclic amines) is 1. The second kappa shape index (κ2) is 6.15. The van der Waals surface area contributed by atoms with Crippen molar-refractivity contribution in [3.8, 4) is 5.69 Å². The molecule has 1 aliphatic carbocycles. The first kappa shape index (κ1) is 16.1. The number of carbonyl (C=O) groups is 2. The van der Waals surface area contributed by atoms with Crippen LogP contribution < -0.4 is 0 Å². The molecule has 130 valence electrons. The van der Waals surface area contributed by atoms with Crippen molar-refractivity contribution in [2.24, 2.45) is 0 Å². The topological polar surface area (TPSA) is 88.3 Å².